The Kier molecular flexibility index (Phi) is 5.50. The van der Waals surface area contributed by atoms with Crippen molar-refractivity contribution < 1.29 is 18.8 Å². The van der Waals surface area contributed by atoms with Gasteiger partial charge in [-0.1, -0.05) is 6.07 Å². The van der Waals surface area contributed by atoms with E-state index in [1.165, 1.54) is 6.92 Å². The fourth-order valence-electron chi connectivity index (χ4n) is 1.90. The molecular weight excluding hydrogens is 383 g/mol. The summed E-state index contributed by atoms with van der Waals surface area (Å²) in [6.45, 7) is 3.41. The molecule has 8 heteroatoms. The largest absolute Gasteiger partial charge is 0.480 e. The highest BCUT2D eigenvalue weighted by Gasteiger charge is 2.19. The number of ether oxygens (including phenoxy) is 1. The first-order valence-electron chi connectivity index (χ1n) is 6.95. The molecule has 0 bridgehead atoms. The standard InChI is InChI=1S/C16H14BrFN2O4/c1-9-3-6-15(12(17)7-9)24-10(2)16(21)19-14-8-11(20(22)23)4-5-13(14)18/h3-8,10H,1-2H3,(H,19,21). The zero-order chi connectivity index (χ0) is 17.9. The summed E-state index contributed by atoms with van der Waals surface area (Å²) in [4.78, 5) is 22.2. The van der Waals surface area contributed by atoms with Crippen molar-refractivity contribution in [2.75, 3.05) is 5.32 Å². The van der Waals surface area contributed by atoms with Crippen LogP contribution in [0.25, 0.3) is 0 Å². The number of anilines is 1. The van der Waals surface area contributed by atoms with Crippen LogP contribution in [-0.2, 0) is 4.79 Å². The van der Waals surface area contributed by atoms with Gasteiger partial charge in [0.2, 0.25) is 0 Å². The molecule has 2 aromatic carbocycles. The van der Waals surface area contributed by atoms with Crippen molar-refractivity contribution >= 4 is 33.2 Å². The minimum absolute atomic E-state index is 0.271. The first-order valence-corrected chi connectivity index (χ1v) is 7.75. The number of amides is 1. The molecule has 24 heavy (non-hydrogen) atoms. The number of benzene rings is 2. The molecular formula is C16H14BrFN2O4. The molecule has 0 spiro atoms. The third kappa shape index (κ3) is 4.29. The Morgan fingerprint density at radius 3 is 2.67 bits per heavy atom. The second-order valence-corrected chi connectivity index (χ2v) is 5.96. The van der Waals surface area contributed by atoms with E-state index in [1.807, 2.05) is 19.1 Å². The number of carbonyl (C=O) groups excluding carboxylic acids is 1. The van der Waals surface area contributed by atoms with Crippen LogP contribution in [-0.4, -0.2) is 16.9 Å². The molecule has 2 aromatic rings. The number of nitro groups is 1. The van der Waals surface area contributed by atoms with Crippen molar-refractivity contribution in [1.82, 2.24) is 0 Å². The maximum Gasteiger partial charge on any atom is 0.271 e. The monoisotopic (exact) mass is 396 g/mol. The Hall–Kier alpha value is -2.48. The van der Waals surface area contributed by atoms with Gasteiger partial charge in [0.1, 0.15) is 11.6 Å². The number of aryl methyl sites for hydroxylation is 1. The van der Waals surface area contributed by atoms with E-state index in [-0.39, 0.29) is 11.4 Å². The number of non-ortho nitro benzene ring substituents is 1. The summed E-state index contributed by atoms with van der Waals surface area (Å²) in [7, 11) is 0. The van der Waals surface area contributed by atoms with Gasteiger partial charge in [0.25, 0.3) is 11.6 Å². The molecule has 1 N–H and O–H groups in total. The summed E-state index contributed by atoms with van der Waals surface area (Å²) >= 11 is 3.34. The van der Waals surface area contributed by atoms with Crippen molar-refractivity contribution in [3.63, 3.8) is 0 Å². The number of nitrogens with one attached hydrogen (secondary N) is 1. The molecule has 0 saturated heterocycles. The Labute approximate surface area is 145 Å². The van der Waals surface area contributed by atoms with Crippen LogP contribution in [0.3, 0.4) is 0 Å². The third-order valence-corrected chi connectivity index (χ3v) is 3.80. The fraction of sp³-hybridized carbons (Fsp3) is 0.188. The number of hydrogen-bond donors (Lipinski definition) is 1. The van der Waals surface area contributed by atoms with Gasteiger partial charge in [-0.25, -0.2) is 4.39 Å². The topological polar surface area (TPSA) is 81.5 Å². The SMILES string of the molecule is Cc1ccc(OC(C)C(=O)Nc2cc([N+](=O)[O-])ccc2F)c(Br)c1. The number of carbonyl (C=O) groups is 1. The van der Waals surface area contributed by atoms with E-state index in [0.717, 1.165) is 23.8 Å². The normalized spacial score (nSPS) is 11.7. The van der Waals surface area contributed by atoms with Crippen LogP contribution >= 0.6 is 15.9 Å². The maximum atomic E-state index is 13.7. The van der Waals surface area contributed by atoms with Gasteiger partial charge in [0.15, 0.2) is 6.10 Å². The quantitative estimate of drug-likeness (QED) is 0.606. The highest BCUT2D eigenvalue weighted by atomic mass is 79.9. The number of nitrogens with zero attached hydrogens (tertiary/aromatic N) is 1. The zero-order valence-corrected chi connectivity index (χ0v) is 14.5. The van der Waals surface area contributed by atoms with E-state index in [0.29, 0.717) is 10.2 Å². The molecule has 0 aromatic heterocycles. The Bertz CT molecular complexity index is 798. The lowest BCUT2D eigenvalue weighted by molar-refractivity contribution is -0.384. The van der Waals surface area contributed by atoms with Gasteiger partial charge in [-0.15, -0.1) is 0 Å². The van der Waals surface area contributed by atoms with E-state index in [4.69, 9.17) is 4.74 Å². The molecule has 126 valence electrons. The Balaban J connectivity index is 2.11. The second kappa shape index (κ2) is 7.39. The van der Waals surface area contributed by atoms with Crippen molar-refractivity contribution in [3.05, 3.63) is 62.4 Å². The number of halogens is 2. The van der Waals surface area contributed by atoms with Crippen molar-refractivity contribution in [3.8, 4) is 5.75 Å². The van der Waals surface area contributed by atoms with Gasteiger partial charge in [-0.05, 0) is 53.5 Å². The van der Waals surface area contributed by atoms with E-state index < -0.39 is 22.8 Å². The summed E-state index contributed by atoms with van der Waals surface area (Å²) in [6.07, 6.45) is -0.928. The summed E-state index contributed by atoms with van der Waals surface area (Å²) in [5.74, 6) is -0.928. The van der Waals surface area contributed by atoms with E-state index >= 15 is 0 Å². The highest BCUT2D eigenvalue weighted by molar-refractivity contribution is 9.10. The molecule has 0 heterocycles. The zero-order valence-electron chi connectivity index (χ0n) is 12.9. The van der Waals surface area contributed by atoms with E-state index in [1.54, 1.807) is 6.07 Å². The molecule has 6 nitrogen and oxygen atoms in total. The van der Waals surface area contributed by atoms with Crippen LogP contribution in [0.4, 0.5) is 15.8 Å². The molecule has 0 radical (unpaired) electrons. The molecule has 0 aliphatic rings. The van der Waals surface area contributed by atoms with Crippen LogP contribution in [0.15, 0.2) is 40.9 Å². The Morgan fingerprint density at radius 1 is 1.33 bits per heavy atom. The lowest BCUT2D eigenvalue weighted by Gasteiger charge is -2.16. The van der Waals surface area contributed by atoms with Crippen molar-refractivity contribution in [1.29, 1.82) is 0 Å². The lowest BCUT2D eigenvalue weighted by atomic mass is 10.2. The molecule has 1 unspecified atom stereocenters. The fourth-order valence-corrected chi connectivity index (χ4v) is 2.49. The van der Waals surface area contributed by atoms with Crippen LogP contribution < -0.4 is 10.1 Å². The average Bonchev–Trinajstić information content (AvgIpc) is 2.51. The van der Waals surface area contributed by atoms with Gasteiger partial charge in [0, 0.05) is 12.1 Å². The van der Waals surface area contributed by atoms with Crippen LogP contribution in [0, 0.1) is 22.9 Å². The smallest absolute Gasteiger partial charge is 0.271 e. The minimum Gasteiger partial charge on any atom is -0.480 e. The predicted molar refractivity (Wildman–Crippen MR) is 90.7 cm³/mol. The summed E-state index contributed by atoms with van der Waals surface area (Å²) < 4.78 is 19.9. The number of nitro benzene ring substituents is 1. The lowest BCUT2D eigenvalue weighted by Crippen LogP contribution is -2.30. The van der Waals surface area contributed by atoms with Crippen LogP contribution in [0.1, 0.15) is 12.5 Å². The third-order valence-electron chi connectivity index (χ3n) is 3.18. The molecule has 0 aliphatic carbocycles. The first kappa shape index (κ1) is 17.9. The molecule has 0 saturated carbocycles. The average molecular weight is 397 g/mol. The van der Waals surface area contributed by atoms with Crippen molar-refractivity contribution in [2.45, 2.75) is 20.0 Å². The van der Waals surface area contributed by atoms with Gasteiger partial charge < -0.3 is 10.1 Å². The first-order chi connectivity index (χ1) is 11.3. The molecule has 2 rings (SSSR count). The van der Waals surface area contributed by atoms with E-state index in [2.05, 4.69) is 21.2 Å². The molecule has 0 aliphatic heterocycles. The van der Waals surface area contributed by atoms with Crippen LogP contribution in [0.2, 0.25) is 0 Å². The van der Waals surface area contributed by atoms with Gasteiger partial charge in [-0.2, -0.15) is 0 Å². The summed E-state index contributed by atoms with van der Waals surface area (Å²) in [5, 5.41) is 13.0. The van der Waals surface area contributed by atoms with Gasteiger partial charge in [0.05, 0.1) is 15.1 Å². The Morgan fingerprint density at radius 2 is 2.04 bits per heavy atom. The second-order valence-electron chi connectivity index (χ2n) is 5.10. The molecule has 1 amide bonds. The van der Waals surface area contributed by atoms with Crippen LogP contribution in [0.5, 0.6) is 5.75 Å². The number of rotatable bonds is 5. The van der Waals surface area contributed by atoms with E-state index in [9.17, 15) is 19.3 Å². The minimum atomic E-state index is -0.928. The number of hydrogen-bond acceptors (Lipinski definition) is 4. The summed E-state index contributed by atoms with van der Waals surface area (Å²) in [5.41, 5.74) is 0.430. The predicted octanol–water partition coefficient (Wildman–Crippen LogP) is 4.21. The van der Waals surface area contributed by atoms with Gasteiger partial charge in [-0.3, -0.25) is 14.9 Å². The van der Waals surface area contributed by atoms with Gasteiger partial charge >= 0.3 is 0 Å². The van der Waals surface area contributed by atoms with Crippen molar-refractivity contribution in [2.24, 2.45) is 0 Å². The summed E-state index contributed by atoms with van der Waals surface area (Å²) in [6, 6.07) is 8.27. The molecule has 1 atom stereocenters. The molecule has 0 fully saturated rings. The highest BCUT2D eigenvalue weighted by Crippen LogP contribution is 2.27. The maximum absolute atomic E-state index is 13.7.